The third-order valence-corrected chi connectivity index (χ3v) is 6.07. The Kier molecular flexibility index (Phi) is 5.24. The van der Waals surface area contributed by atoms with Gasteiger partial charge < -0.3 is 5.32 Å². The molecule has 1 saturated heterocycles. The van der Waals surface area contributed by atoms with Crippen molar-refractivity contribution in [2.45, 2.75) is 38.5 Å². The quantitative estimate of drug-likeness (QED) is 0.919. The van der Waals surface area contributed by atoms with Gasteiger partial charge in [0.05, 0.1) is 10.8 Å². The molecule has 6 heteroatoms. The van der Waals surface area contributed by atoms with Crippen LogP contribution in [0, 0.1) is 19.8 Å². The molecule has 0 aromatic heterocycles. The van der Waals surface area contributed by atoms with E-state index in [0.29, 0.717) is 24.4 Å². The second kappa shape index (κ2) is 6.79. The van der Waals surface area contributed by atoms with Gasteiger partial charge in [0.2, 0.25) is 15.9 Å². The molecule has 1 atom stereocenters. The molecule has 1 aromatic rings. The Labute approximate surface area is 132 Å². The molecule has 0 radical (unpaired) electrons. The van der Waals surface area contributed by atoms with Crippen LogP contribution in [0.15, 0.2) is 23.1 Å². The van der Waals surface area contributed by atoms with Gasteiger partial charge in [0.15, 0.2) is 0 Å². The highest BCUT2D eigenvalue weighted by Gasteiger charge is 2.33. The Hall–Kier alpha value is -1.40. The lowest BCUT2D eigenvalue weighted by atomic mass is 9.99. The van der Waals surface area contributed by atoms with Crippen molar-refractivity contribution < 1.29 is 13.2 Å². The smallest absolute Gasteiger partial charge is 0.243 e. The van der Waals surface area contributed by atoms with Crippen LogP contribution in [-0.2, 0) is 14.8 Å². The minimum absolute atomic E-state index is 0.0524. The lowest BCUT2D eigenvalue weighted by Crippen LogP contribution is -2.45. The SMILES string of the molecule is CCNC(=O)[C@@H]1CCCN(S(=O)(=O)c2cc(C)ccc2C)C1. The second-order valence-corrected chi connectivity index (χ2v) is 7.77. The molecule has 0 saturated carbocycles. The van der Waals surface area contributed by atoms with E-state index in [0.717, 1.165) is 17.5 Å². The lowest BCUT2D eigenvalue weighted by molar-refractivity contribution is -0.125. The Morgan fingerprint density at radius 3 is 2.77 bits per heavy atom. The summed E-state index contributed by atoms with van der Waals surface area (Å²) in [5.74, 6) is -0.308. The molecule has 1 aliphatic heterocycles. The van der Waals surface area contributed by atoms with E-state index in [1.54, 1.807) is 13.0 Å². The van der Waals surface area contributed by atoms with E-state index in [1.807, 2.05) is 26.0 Å². The van der Waals surface area contributed by atoms with E-state index in [9.17, 15) is 13.2 Å². The van der Waals surface area contributed by atoms with Crippen molar-refractivity contribution in [1.82, 2.24) is 9.62 Å². The van der Waals surface area contributed by atoms with Gasteiger partial charge >= 0.3 is 0 Å². The van der Waals surface area contributed by atoms with Crippen molar-refractivity contribution in [3.8, 4) is 0 Å². The molecule has 1 amide bonds. The summed E-state index contributed by atoms with van der Waals surface area (Å²) in [6.07, 6.45) is 1.45. The first-order chi connectivity index (χ1) is 10.4. The molecule has 1 N–H and O–H groups in total. The van der Waals surface area contributed by atoms with Gasteiger partial charge in [0.1, 0.15) is 0 Å². The molecule has 5 nitrogen and oxygen atoms in total. The molecule has 0 aliphatic carbocycles. The van der Waals surface area contributed by atoms with Gasteiger partial charge in [-0.2, -0.15) is 4.31 Å². The number of hydrogen-bond acceptors (Lipinski definition) is 3. The van der Waals surface area contributed by atoms with Gasteiger partial charge in [-0.15, -0.1) is 0 Å². The number of nitrogens with one attached hydrogen (secondary N) is 1. The topological polar surface area (TPSA) is 66.5 Å². The van der Waals surface area contributed by atoms with Crippen LogP contribution in [0.1, 0.15) is 30.9 Å². The van der Waals surface area contributed by atoms with Crippen LogP contribution in [0.25, 0.3) is 0 Å². The zero-order chi connectivity index (χ0) is 16.3. The summed E-state index contributed by atoms with van der Waals surface area (Å²) in [5, 5.41) is 2.79. The van der Waals surface area contributed by atoms with Crippen LogP contribution >= 0.6 is 0 Å². The van der Waals surface area contributed by atoms with E-state index in [4.69, 9.17) is 0 Å². The van der Waals surface area contributed by atoms with Crippen LogP contribution in [0.2, 0.25) is 0 Å². The van der Waals surface area contributed by atoms with E-state index in [2.05, 4.69) is 5.32 Å². The van der Waals surface area contributed by atoms with E-state index < -0.39 is 10.0 Å². The van der Waals surface area contributed by atoms with Crippen LogP contribution < -0.4 is 5.32 Å². The summed E-state index contributed by atoms with van der Waals surface area (Å²) >= 11 is 0. The number of aryl methyl sites for hydroxylation is 2. The first-order valence-electron chi connectivity index (χ1n) is 7.71. The van der Waals surface area contributed by atoms with Crippen molar-refractivity contribution in [2.24, 2.45) is 5.92 Å². The van der Waals surface area contributed by atoms with Crippen LogP contribution in [0.5, 0.6) is 0 Å². The highest BCUT2D eigenvalue weighted by molar-refractivity contribution is 7.89. The van der Waals surface area contributed by atoms with Crippen molar-refractivity contribution in [3.63, 3.8) is 0 Å². The average Bonchev–Trinajstić information content (AvgIpc) is 2.50. The Morgan fingerprint density at radius 2 is 2.09 bits per heavy atom. The zero-order valence-corrected chi connectivity index (χ0v) is 14.2. The molecular weight excluding hydrogens is 300 g/mol. The summed E-state index contributed by atoms with van der Waals surface area (Å²) in [5.41, 5.74) is 1.66. The molecule has 1 fully saturated rings. The van der Waals surface area contributed by atoms with Gasteiger partial charge in [-0.3, -0.25) is 4.79 Å². The molecule has 0 unspecified atom stereocenters. The van der Waals surface area contributed by atoms with Crippen molar-refractivity contribution in [2.75, 3.05) is 19.6 Å². The number of benzene rings is 1. The molecule has 1 aliphatic rings. The lowest BCUT2D eigenvalue weighted by Gasteiger charge is -2.31. The number of piperidine rings is 1. The molecule has 2 rings (SSSR count). The van der Waals surface area contributed by atoms with Gasteiger partial charge in [-0.1, -0.05) is 12.1 Å². The Bertz CT molecular complexity index is 655. The number of hydrogen-bond donors (Lipinski definition) is 1. The summed E-state index contributed by atoms with van der Waals surface area (Å²) in [4.78, 5) is 12.3. The normalized spacial score (nSPS) is 19.9. The molecule has 122 valence electrons. The first kappa shape index (κ1) is 17.0. The van der Waals surface area contributed by atoms with E-state index in [-0.39, 0.29) is 18.4 Å². The number of nitrogens with zero attached hydrogens (tertiary/aromatic N) is 1. The molecule has 0 bridgehead atoms. The van der Waals surface area contributed by atoms with Gasteiger partial charge in [-0.05, 0) is 50.8 Å². The van der Waals surface area contributed by atoms with Crippen molar-refractivity contribution in [1.29, 1.82) is 0 Å². The fourth-order valence-electron chi connectivity index (χ4n) is 2.82. The molecular formula is C16H24N2O3S. The van der Waals surface area contributed by atoms with Crippen molar-refractivity contribution in [3.05, 3.63) is 29.3 Å². The summed E-state index contributed by atoms with van der Waals surface area (Å²) in [6, 6.07) is 5.44. The largest absolute Gasteiger partial charge is 0.356 e. The fraction of sp³-hybridized carbons (Fsp3) is 0.562. The Balaban J connectivity index is 2.25. The first-order valence-corrected chi connectivity index (χ1v) is 9.15. The van der Waals surface area contributed by atoms with Gasteiger partial charge in [0, 0.05) is 19.6 Å². The van der Waals surface area contributed by atoms with Crippen LogP contribution in [0.3, 0.4) is 0 Å². The van der Waals surface area contributed by atoms with E-state index in [1.165, 1.54) is 4.31 Å². The fourth-order valence-corrected chi connectivity index (χ4v) is 4.65. The van der Waals surface area contributed by atoms with Crippen LogP contribution in [-0.4, -0.2) is 38.3 Å². The monoisotopic (exact) mass is 324 g/mol. The highest BCUT2D eigenvalue weighted by atomic mass is 32.2. The minimum atomic E-state index is -3.54. The minimum Gasteiger partial charge on any atom is -0.356 e. The number of amides is 1. The number of rotatable bonds is 4. The summed E-state index contributed by atoms with van der Waals surface area (Å²) in [7, 11) is -3.54. The zero-order valence-electron chi connectivity index (χ0n) is 13.4. The maximum Gasteiger partial charge on any atom is 0.243 e. The molecule has 1 aromatic carbocycles. The van der Waals surface area contributed by atoms with Crippen LogP contribution in [0.4, 0.5) is 0 Å². The third-order valence-electron chi connectivity index (χ3n) is 4.07. The number of carbonyl (C=O) groups excluding carboxylic acids is 1. The predicted molar refractivity (Wildman–Crippen MR) is 86.1 cm³/mol. The molecule has 22 heavy (non-hydrogen) atoms. The molecule has 1 heterocycles. The van der Waals surface area contributed by atoms with Gasteiger partial charge in [-0.25, -0.2) is 8.42 Å². The predicted octanol–water partition coefficient (Wildman–Crippen LogP) is 1.84. The molecule has 0 spiro atoms. The average molecular weight is 324 g/mol. The standard InChI is InChI=1S/C16H24N2O3S/c1-4-17-16(19)14-6-5-9-18(11-14)22(20,21)15-10-12(2)7-8-13(15)3/h7-8,10,14H,4-6,9,11H2,1-3H3,(H,17,19)/t14-/m1/s1. The summed E-state index contributed by atoms with van der Waals surface area (Å²) in [6.45, 7) is 6.86. The highest BCUT2D eigenvalue weighted by Crippen LogP contribution is 2.26. The Morgan fingerprint density at radius 1 is 1.36 bits per heavy atom. The second-order valence-electron chi connectivity index (χ2n) is 5.87. The number of sulfonamides is 1. The third kappa shape index (κ3) is 3.50. The maximum absolute atomic E-state index is 12.9. The van der Waals surface area contributed by atoms with Gasteiger partial charge in [0.25, 0.3) is 0 Å². The summed E-state index contributed by atoms with van der Waals surface area (Å²) < 4.78 is 27.2. The maximum atomic E-state index is 12.9. The number of carbonyl (C=O) groups is 1. The van der Waals surface area contributed by atoms with E-state index >= 15 is 0 Å². The van der Waals surface area contributed by atoms with Crippen molar-refractivity contribution >= 4 is 15.9 Å².